The number of hydrogen-bond acceptors (Lipinski definition) is 4. The maximum atomic E-state index is 5.95. The summed E-state index contributed by atoms with van der Waals surface area (Å²) >= 11 is 0. The van der Waals surface area contributed by atoms with Gasteiger partial charge in [-0.3, -0.25) is 0 Å². The lowest BCUT2D eigenvalue weighted by atomic mass is 10.1. The van der Waals surface area contributed by atoms with E-state index < -0.39 is 0 Å². The fourth-order valence-electron chi connectivity index (χ4n) is 2.15. The van der Waals surface area contributed by atoms with Crippen LogP contribution in [-0.4, -0.2) is 33.9 Å². The molecule has 2 unspecified atom stereocenters. The quantitative estimate of drug-likeness (QED) is 0.892. The number of benzene rings is 1. The summed E-state index contributed by atoms with van der Waals surface area (Å²) in [7, 11) is 3.35. The van der Waals surface area contributed by atoms with Gasteiger partial charge in [-0.25, -0.2) is 0 Å². The van der Waals surface area contributed by atoms with Gasteiger partial charge in [-0.15, -0.1) is 0 Å². The number of methoxy groups -OCH3 is 2. The first-order valence-electron chi connectivity index (χ1n) is 6.29. The van der Waals surface area contributed by atoms with Crippen LogP contribution < -0.4 is 14.8 Å². The predicted octanol–water partition coefficient (Wildman–Crippen LogP) is 2.00. The third-order valence-electron chi connectivity index (χ3n) is 3.19. The van der Waals surface area contributed by atoms with Crippen molar-refractivity contribution >= 4 is 0 Å². The van der Waals surface area contributed by atoms with Crippen LogP contribution in [-0.2, 0) is 4.74 Å². The normalized spacial score (nSPS) is 24.4. The number of ether oxygens (including phenoxy) is 3. The molecule has 100 valence electrons. The molecule has 18 heavy (non-hydrogen) atoms. The van der Waals surface area contributed by atoms with Crippen LogP contribution in [0, 0.1) is 5.92 Å². The van der Waals surface area contributed by atoms with E-state index in [1.807, 2.05) is 18.2 Å². The molecule has 1 fully saturated rings. The summed E-state index contributed by atoms with van der Waals surface area (Å²) in [5, 5.41) is 3.41. The van der Waals surface area contributed by atoms with E-state index in [2.05, 4.69) is 12.2 Å². The molecule has 0 aliphatic carbocycles. The van der Waals surface area contributed by atoms with Gasteiger partial charge in [0.15, 0.2) is 0 Å². The summed E-state index contributed by atoms with van der Waals surface area (Å²) in [6.45, 7) is 4.73. The topological polar surface area (TPSA) is 39.7 Å². The van der Waals surface area contributed by atoms with Crippen LogP contribution in [0.3, 0.4) is 0 Å². The summed E-state index contributed by atoms with van der Waals surface area (Å²) in [5.74, 6) is 2.20. The second-order valence-electron chi connectivity index (χ2n) is 4.69. The molecule has 0 aromatic heterocycles. The molecule has 0 radical (unpaired) electrons. The lowest BCUT2D eigenvalue weighted by Gasteiger charge is -2.19. The Morgan fingerprint density at radius 3 is 2.78 bits per heavy atom. The smallest absolute Gasteiger partial charge is 0.124 e. The molecule has 4 heteroatoms. The van der Waals surface area contributed by atoms with Crippen molar-refractivity contribution in [1.82, 2.24) is 5.32 Å². The van der Waals surface area contributed by atoms with Crippen molar-refractivity contribution in [3.05, 3.63) is 23.8 Å². The first-order valence-corrected chi connectivity index (χ1v) is 6.29. The van der Waals surface area contributed by atoms with E-state index in [9.17, 15) is 0 Å². The molecule has 0 bridgehead atoms. The highest BCUT2D eigenvalue weighted by Gasteiger charge is 2.21. The minimum atomic E-state index is 0.0139. The van der Waals surface area contributed by atoms with Gasteiger partial charge in [-0.1, -0.05) is 6.92 Å². The van der Waals surface area contributed by atoms with Gasteiger partial charge in [0.1, 0.15) is 11.5 Å². The zero-order valence-electron chi connectivity index (χ0n) is 11.2. The van der Waals surface area contributed by atoms with Crippen LogP contribution >= 0.6 is 0 Å². The van der Waals surface area contributed by atoms with Gasteiger partial charge < -0.3 is 19.5 Å². The molecule has 1 aromatic carbocycles. The van der Waals surface area contributed by atoms with Crippen LogP contribution in [0.5, 0.6) is 11.5 Å². The number of nitrogens with one attached hydrogen (secondary N) is 1. The molecule has 1 heterocycles. The maximum absolute atomic E-state index is 5.95. The molecule has 0 amide bonds. The fraction of sp³-hybridized carbons (Fsp3) is 0.571. The predicted molar refractivity (Wildman–Crippen MR) is 70.3 cm³/mol. The SMILES string of the molecule is COc1ccc(OC)c(C2CNCC(C)CO2)c1. The van der Waals surface area contributed by atoms with E-state index in [0.717, 1.165) is 36.8 Å². The van der Waals surface area contributed by atoms with E-state index in [1.54, 1.807) is 14.2 Å². The highest BCUT2D eigenvalue weighted by molar-refractivity contribution is 5.42. The average molecular weight is 251 g/mol. The van der Waals surface area contributed by atoms with E-state index in [4.69, 9.17) is 14.2 Å². The third kappa shape index (κ3) is 2.94. The largest absolute Gasteiger partial charge is 0.497 e. The van der Waals surface area contributed by atoms with Crippen molar-refractivity contribution in [3.63, 3.8) is 0 Å². The Morgan fingerprint density at radius 2 is 2.06 bits per heavy atom. The van der Waals surface area contributed by atoms with E-state index in [-0.39, 0.29) is 6.10 Å². The molecule has 1 aromatic rings. The van der Waals surface area contributed by atoms with Crippen molar-refractivity contribution in [2.75, 3.05) is 33.9 Å². The average Bonchev–Trinajstić information content (AvgIpc) is 2.62. The minimum Gasteiger partial charge on any atom is -0.497 e. The summed E-state index contributed by atoms with van der Waals surface area (Å²) in [6, 6.07) is 5.81. The molecule has 2 atom stereocenters. The van der Waals surface area contributed by atoms with Crippen LogP contribution in [0.4, 0.5) is 0 Å². The maximum Gasteiger partial charge on any atom is 0.124 e. The molecule has 0 saturated carbocycles. The lowest BCUT2D eigenvalue weighted by Crippen LogP contribution is -2.22. The van der Waals surface area contributed by atoms with Crippen molar-refractivity contribution < 1.29 is 14.2 Å². The van der Waals surface area contributed by atoms with E-state index >= 15 is 0 Å². The first-order chi connectivity index (χ1) is 8.74. The molecule has 1 N–H and O–H groups in total. The highest BCUT2D eigenvalue weighted by Crippen LogP contribution is 2.32. The van der Waals surface area contributed by atoms with Crippen molar-refractivity contribution in [3.8, 4) is 11.5 Å². The van der Waals surface area contributed by atoms with Crippen LogP contribution in [0.15, 0.2) is 18.2 Å². The molecule has 1 aliphatic heterocycles. The van der Waals surface area contributed by atoms with Gasteiger partial charge in [0.05, 0.1) is 26.9 Å². The molecular formula is C14H21NO3. The Morgan fingerprint density at radius 1 is 1.22 bits per heavy atom. The Labute approximate surface area is 108 Å². The summed E-state index contributed by atoms with van der Waals surface area (Å²) < 4.78 is 16.6. The lowest BCUT2D eigenvalue weighted by molar-refractivity contribution is 0.0498. The molecule has 4 nitrogen and oxygen atoms in total. The van der Waals surface area contributed by atoms with E-state index in [1.165, 1.54) is 0 Å². The molecule has 1 saturated heterocycles. The van der Waals surface area contributed by atoms with Gasteiger partial charge in [0.2, 0.25) is 0 Å². The van der Waals surface area contributed by atoms with Crippen molar-refractivity contribution in [2.45, 2.75) is 13.0 Å². The molecular weight excluding hydrogens is 230 g/mol. The Kier molecular flexibility index (Phi) is 4.44. The second kappa shape index (κ2) is 6.07. The Hall–Kier alpha value is -1.26. The summed E-state index contributed by atoms with van der Waals surface area (Å²) in [4.78, 5) is 0. The van der Waals surface area contributed by atoms with Gasteiger partial charge in [-0.2, -0.15) is 0 Å². The Bertz CT molecular complexity index is 395. The summed E-state index contributed by atoms with van der Waals surface area (Å²) in [5.41, 5.74) is 1.04. The zero-order chi connectivity index (χ0) is 13.0. The number of rotatable bonds is 3. The molecule has 2 rings (SSSR count). The zero-order valence-corrected chi connectivity index (χ0v) is 11.2. The van der Waals surface area contributed by atoms with Crippen LogP contribution in [0.1, 0.15) is 18.6 Å². The monoisotopic (exact) mass is 251 g/mol. The molecule has 1 aliphatic rings. The summed E-state index contributed by atoms with van der Waals surface area (Å²) in [6.07, 6.45) is 0.0139. The van der Waals surface area contributed by atoms with Gasteiger partial charge >= 0.3 is 0 Å². The third-order valence-corrected chi connectivity index (χ3v) is 3.19. The fourth-order valence-corrected chi connectivity index (χ4v) is 2.15. The first kappa shape index (κ1) is 13.2. The number of hydrogen-bond donors (Lipinski definition) is 1. The minimum absolute atomic E-state index is 0.0139. The van der Waals surface area contributed by atoms with Gasteiger partial charge in [0, 0.05) is 18.7 Å². The second-order valence-corrected chi connectivity index (χ2v) is 4.69. The molecule has 0 spiro atoms. The standard InChI is InChI=1S/C14H21NO3/c1-10-7-15-8-14(18-9-10)12-6-11(16-2)4-5-13(12)17-3/h4-6,10,14-15H,7-9H2,1-3H3. The van der Waals surface area contributed by atoms with Gasteiger partial charge in [0.25, 0.3) is 0 Å². The van der Waals surface area contributed by atoms with Crippen LogP contribution in [0.2, 0.25) is 0 Å². The van der Waals surface area contributed by atoms with Gasteiger partial charge in [-0.05, 0) is 24.1 Å². The highest BCUT2D eigenvalue weighted by atomic mass is 16.5. The van der Waals surface area contributed by atoms with Crippen LogP contribution in [0.25, 0.3) is 0 Å². The van der Waals surface area contributed by atoms with Crippen molar-refractivity contribution in [2.24, 2.45) is 5.92 Å². The Balaban J connectivity index is 2.24. The van der Waals surface area contributed by atoms with E-state index in [0.29, 0.717) is 5.92 Å². The van der Waals surface area contributed by atoms with Crippen molar-refractivity contribution in [1.29, 1.82) is 0 Å².